The number of amides is 1. The Bertz CT molecular complexity index is 730. The summed E-state index contributed by atoms with van der Waals surface area (Å²) in [6, 6.07) is 8.12. The maximum absolute atomic E-state index is 13.3. The van der Waals surface area contributed by atoms with Gasteiger partial charge >= 0.3 is 11.6 Å². The molecule has 5 heterocycles. The third-order valence-electron chi connectivity index (χ3n) is 7.50. The molecule has 1 spiro atoms. The van der Waals surface area contributed by atoms with E-state index in [0.717, 1.165) is 50.3 Å². The zero-order valence-electron chi connectivity index (χ0n) is 14.4. The summed E-state index contributed by atoms with van der Waals surface area (Å²) in [6.45, 7) is 7.49. The zero-order chi connectivity index (χ0) is 16.7. The third kappa shape index (κ3) is 1.33. The number of carbonyl (C=O) groups excluding carboxylic acids is 2. The highest BCUT2D eigenvalue weighted by Gasteiger charge is 2.79. The van der Waals surface area contributed by atoms with Gasteiger partial charge in [0.2, 0.25) is 0 Å². The molecule has 0 aliphatic carbocycles. The Labute approximate surface area is 142 Å². The molecule has 0 unspecified atom stereocenters. The van der Waals surface area contributed by atoms with E-state index in [1.165, 1.54) is 9.80 Å². The topological polar surface area (TPSA) is 55.1 Å². The maximum atomic E-state index is 13.3. The second-order valence-corrected chi connectivity index (χ2v) is 8.26. The van der Waals surface area contributed by atoms with Crippen LogP contribution in [0.4, 0.5) is 5.69 Å². The van der Waals surface area contributed by atoms with Gasteiger partial charge < -0.3 is 5.32 Å². The summed E-state index contributed by atoms with van der Waals surface area (Å²) in [7, 11) is 0. The van der Waals surface area contributed by atoms with E-state index in [4.69, 9.17) is 0 Å². The molecule has 0 saturated carbocycles. The first-order valence-corrected chi connectivity index (χ1v) is 9.19. The zero-order valence-corrected chi connectivity index (χ0v) is 14.4. The van der Waals surface area contributed by atoms with E-state index in [2.05, 4.69) is 25.2 Å². The van der Waals surface area contributed by atoms with Gasteiger partial charge in [0.1, 0.15) is 42.6 Å². The lowest BCUT2D eigenvalue weighted by Crippen LogP contribution is -3.48. The van der Waals surface area contributed by atoms with Gasteiger partial charge in [-0.2, -0.15) is 0 Å². The van der Waals surface area contributed by atoms with Gasteiger partial charge in [0.15, 0.2) is 5.78 Å². The fourth-order valence-electron chi connectivity index (χ4n) is 6.33. The summed E-state index contributed by atoms with van der Waals surface area (Å²) >= 11 is 0. The van der Waals surface area contributed by atoms with Crippen LogP contribution >= 0.6 is 0 Å². The van der Waals surface area contributed by atoms with Crippen LogP contribution in [0.1, 0.15) is 32.3 Å². The molecule has 1 aromatic rings. The van der Waals surface area contributed by atoms with Crippen LogP contribution in [-0.4, -0.2) is 37.9 Å². The first kappa shape index (κ1) is 14.6. The van der Waals surface area contributed by atoms with Crippen molar-refractivity contribution in [1.82, 2.24) is 0 Å². The fourth-order valence-corrected chi connectivity index (χ4v) is 6.33. The Hall–Kier alpha value is -1.72. The average Bonchev–Trinajstić information content (AvgIpc) is 2.88. The van der Waals surface area contributed by atoms with Crippen LogP contribution in [0.15, 0.2) is 24.3 Å². The molecule has 24 heavy (non-hydrogen) atoms. The first-order chi connectivity index (χ1) is 11.5. The second kappa shape index (κ2) is 4.27. The van der Waals surface area contributed by atoms with E-state index in [1.807, 2.05) is 18.2 Å². The van der Waals surface area contributed by atoms with Crippen molar-refractivity contribution in [3.05, 3.63) is 29.8 Å². The molecule has 5 heteroatoms. The molecule has 0 atom stereocenters. The van der Waals surface area contributed by atoms with Crippen LogP contribution in [0.2, 0.25) is 0 Å². The second-order valence-electron chi connectivity index (χ2n) is 8.26. The lowest BCUT2D eigenvalue weighted by molar-refractivity contribution is -1.20. The number of hydrogen-bond donors (Lipinski definition) is 3. The number of piperidine rings is 2. The van der Waals surface area contributed by atoms with Gasteiger partial charge in [-0.1, -0.05) is 26.0 Å². The van der Waals surface area contributed by atoms with Crippen molar-refractivity contribution in [2.24, 2.45) is 10.8 Å². The van der Waals surface area contributed by atoms with Crippen LogP contribution < -0.4 is 15.1 Å². The molecule has 5 aliphatic rings. The highest BCUT2D eigenvalue weighted by molar-refractivity contribution is 6.04. The molecule has 5 nitrogen and oxygen atoms in total. The molecule has 3 N–H and O–H groups in total. The number of rotatable bonds is 2. The van der Waals surface area contributed by atoms with Gasteiger partial charge in [-0.05, 0) is 25.0 Å². The predicted molar refractivity (Wildman–Crippen MR) is 88.6 cm³/mol. The number of nitrogens with one attached hydrogen (secondary N) is 3. The summed E-state index contributed by atoms with van der Waals surface area (Å²) in [5.74, 6) is 0.603. The number of anilines is 1. The van der Waals surface area contributed by atoms with Gasteiger partial charge in [0.25, 0.3) is 0 Å². The maximum Gasteiger partial charge on any atom is 0.351 e. The van der Waals surface area contributed by atoms with Gasteiger partial charge in [-0.3, -0.25) is 19.4 Å². The van der Waals surface area contributed by atoms with Crippen molar-refractivity contribution < 1.29 is 19.4 Å². The molecule has 4 bridgehead atoms. The summed E-state index contributed by atoms with van der Waals surface area (Å²) < 4.78 is 0. The number of benzene rings is 1. The van der Waals surface area contributed by atoms with E-state index < -0.39 is 5.66 Å². The minimum Gasteiger partial charge on any atom is -0.314 e. The molecule has 1 aromatic carbocycles. The summed E-state index contributed by atoms with van der Waals surface area (Å²) in [5, 5.41) is 3.12. The van der Waals surface area contributed by atoms with E-state index in [-0.39, 0.29) is 16.7 Å². The van der Waals surface area contributed by atoms with Crippen LogP contribution in [0.5, 0.6) is 0 Å². The first-order valence-electron chi connectivity index (χ1n) is 9.19. The van der Waals surface area contributed by atoms with E-state index in [9.17, 15) is 9.59 Å². The number of Topliss-reactive ketones (excluding diaryl/α,β-unsaturated/α-hetero) is 1. The molecule has 6 rings (SSSR count). The number of quaternary nitrogens is 2. The van der Waals surface area contributed by atoms with Gasteiger partial charge in [-0.25, -0.2) is 0 Å². The average molecular weight is 327 g/mol. The third-order valence-corrected chi connectivity index (χ3v) is 7.50. The Morgan fingerprint density at radius 1 is 0.958 bits per heavy atom. The van der Waals surface area contributed by atoms with Crippen LogP contribution in [-0.2, 0) is 15.3 Å². The summed E-state index contributed by atoms with van der Waals surface area (Å²) in [4.78, 5) is 29.1. The lowest BCUT2D eigenvalue weighted by Gasteiger charge is -2.63. The Balaban J connectivity index is 1.72. The number of carbonyl (C=O) groups is 2. The van der Waals surface area contributed by atoms with Gasteiger partial charge in [0.05, 0.1) is 5.69 Å². The molecule has 4 saturated heterocycles. The van der Waals surface area contributed by atoms with E-state index >= 15 is 0 Å². The largest absolute Gasteiger partial charge is 0.351 e. The normalized spacial score (nSPS) is 44.9. The Morgan fingerprint density at radius 2 is 1.50 bits per heavy atom. The molecule has 0 radical (unpaired) electrons. The Morgan fingerprint density at radius 3 is 2.04 bits per heavy atom. The van der Waals surface area contributed by atoms with Crippen molar-refractivity contribution in [3.8, 4) is 0 Å². The minimum absolute atomic E-state index is 0.123. The fraction of sp³-hybridized carbons (Fsp3) is 0.579. The number of para-hydroxylation sites is 1. The van der Waals surface area contributed by atoms with Crippen LogP contribution in [0, 0.1) is 10.8 Å². The summed E-state index contributed by atoms with van der Waals surface area (Å²) in [6.07, 6.45) is 1.78. The minimum atomic E-state index is -0.547. The van der Waals surface area contributed by atoms with Crippen molar-refractivity contribution in [2.45, 2.75) is 32.4 Å². The van der Waals surface area contributed by atoms with Crippen LogP contribution in [0.25, 0.3) is 0 Å². The highest BCUT2D eigenvalue weighted by atomic mass is 16.2. The molecule has 126 valence electrons. The number of hydrogen-bond acceptors (Lipinski definition) is 2. The SMILES string of the molecule is CCC12C[NH+]3CC(CC)(C[NH+](C1)C31C(=O)Nc3ccccc31)C2=O. The monoisotopic (exact) mass is 327 g/mol. The van der Waals surface area contributed by atoms with Crippen molar-refractivity contribution in [2.75, 3.05) is 31.5 Å². The molecular formula is C19H25N3O2+2. The molecule has 0 aromatic heterocycles. The lowest BCUT2D eigenvalue weighted by atomic mass is 9.57. The quantitative estimate of drug-likeness (QED) is 0.650. The van der Waals surface area contributed by atoms with Crippen molar-refractivity contribution in [1.29, 1.82) is 0 Å². The Kier molecular flexibility index (Phi) is 2.60. The molecule has 5 aliphatic heterocycles. The number of fused-ring (bicyclic) bond motifs is 1. The molecule has 4 fully saturated rings. The number of ketones is 1. The smallest absolute Gasteiger partial charge is 0.314 e. The predicted octanol–water partition coefficient (Wildman–Crippen LogP) is -1.04. The summed E-state index contributed by atoms with van der Waals surface area (Å²) in [5.41, 5.74) is 1.07. The highest BCUT2D eigenvalue weighted by Crippen LogP contribution is 2.44. The standard InChI is InChI=1S/C19H23N3O2/c1-3-17-9-21-11-18(4-2,15(17)23)12-22(10-17)19(21)13-7-5-6-8-14(13)20-16(19)24/h5-8H,3-4,9-12H2,1-2H3,(H,20,24)/p+2. The van der Waals surface area contributed by atoms with Crippen molar-refractivity contribution >= 4 is 17.4 Å². The van der Waals surface area contributed by atoms with E-state index in [1.54, 1.807) is 0 Å². The molecular weight excluding hydrogens is 302 g/mol. The van der Waals surface area contributed by atoms with Crippen molar-refractivity contribution in [3.63, 3.8) is 0 Å². The molecule has 1 amide bonds. The van der Waals surface area contributed by atoms with Gasteiger partial charge in [0, 0.05) is 0 Å². The van der Waals surface area contributed by atoms with E-state index in [0.29, 0.717) is 5.78 Å². The van der Waals surface area contributed by atoms with Gasteiger partial charge in [-0.15, -0.1) is 0 Å². The van der Waals surface area contributed by atoms with Crippen LogP contribution in [0.3, 0.4) is 0 Å².